The zero-order chi connectivity index (χ0) is 44.3. The maximum absolute atomic E-state index is 5.16. The third-order valence-electron chi connectivity index (χ3n) is 13.9. The maximum atomic E-state index is 5.16. The van der Waals surface area contributed by atoms with E-state index in [0.717, 1.165) is 39.2 Å². The molecule has 1 heterocycles. The van der Waals surface area contributed by atoms with Crippen molar-refractivity contribution >= 4 is 32.3 Å². The largest absolute Gasteiger partial charge is 0.228 e. The van der Waals surface area contributed by atoms with Crippen LogP contribution in [0.1, 0.15) is 22.3 Å². The van der Waals surface area contributed by atoms with Crippen molar-refractivity contribution < 1.29 is 0 Å². The molecule has 0 spiro atoms. The normalized spacial score (nSPS) is 12.6. The molecule has 2 heteroatoms. The van der Waals surface area contributed by atoms with Crippen molar-refractivity contribution in [3.63, 3.8) is 0 Å². The number of aromatic nitrogens is 2. The highest BCUT2D eigenvalue weighted by molar-refractivity contribution is 6.29. The second-order valence-electron chi connectivity index (χ2n) is 17.6. The van der Waals surface area contributed by atoms with E-state index in [2.05, 4.69) is 231 Å². The van der Waals surface area contributed by atoms with Crippen molar-refractivity contribution in [1.82, 2.24) is 9.97 Å². The van der Waals surface area contributed by atoms with Crippen molar-refractivity contribution in [2.75, 3.05) is 0 Å². The maximum Gasteiger partial charge on any atom is 0.160 e. The van der Waals surface area contributed by atoms with E-state index in [1.807, 2.05) is 24.3 Å². The summed E-state index contributed by atoms with van der Waals surface area (Å²) in [6.07, 6.45) is 0. The summed E-state index contributed by atoms with van der Waals surface area (Å²) in [5.74, 6) is 0.709. The molecule has 0 amide bonds. The Morgan fingerprint density at radius 2 is 0.746 bits per heavy atom. The molecule has 2 nitrogen and oxygen atoms in total. The van der Waals surface area contributed by atoms with Gasteiger partial charge in [0.15, 0.2) is 5.82 Å². The Morgan fingerprint density at radius 3 is 1.48 bits per heavy atom. The fourth-order valence-corrected chi connectivity index (χ4v) is 11.0. The molecular formula is C65H42N2. The second-order valence-corrected chi connectivity index (χ2v) is 17.6. The number of hydrogen-bond acceptors (Lipinski definition) is 2. The molecule has 67 heavy (non-hydrogen) atoms. The van der Waals surface area contributed by atoms with E-state index in [1.54, 1.807) is 0 Å². The molecule has 0 aliphatic heterocycles. The van der Waals surface area contributed by atoms with Gasteiger partial charge in [-0.15, -0.1) is 0 Å². The van der Waals surface area contributed by atoms with Crippen LogP contribution in [0.15, 0.2) is 255 Å². The first-order chi connectivity index (χ1) is 33.2. The predicted molar refractivity (Wildman–Crippen MR) is 279 cm³/mol. The molecule has 11 aromatic carbocycles. The molecule has 0 atom stereocenters. The minimum atomic E-state index is -0.481. The van der Waals surface area contributed by atoms with E-state index >= 15 is 0 Å². The first kappa shape index (κ1) is 38.7. The summed E-state index contributed by atoms with van der Waals surface area (Å²) in [6.45, 7) is 0. The van der Waals surface area contributed by atoms with Gasteiger partial charge in [0.05, 0.1) is 16.8 Å². The molecule has 312 valence electrons. The van der Waals surface area contributed by atoms with Gasteiger partial charge < -0.3 is 0 Å². The smallest absolute Gasteiger partial charge is 0.160 e. The fourth-order valence-electron chi connectivity index (χ4n) is 11.0. The highest BCUT2D eigenvalue weighted by Crippen LogP contribution is 2.57. The summed E-state index contributed by atoms with van der Waals surface area (Å²) in [7, 11) is 0. The first-order valence-corrected chi connectivity index (χ1v) is 23.1. The van der Waals surface area contributed by atoms with Crippen molar-refractivity contribution in [3.8, 4) is 67.3 Å². The van der Waals surface area contributed by atoms with Crippen molar-refractivity contribution in [2.45, 2.75) is 5.41 Å². The molecule has 12 aromatic rings. The van der Waals surface area contributed by atoms with Gasteiger partial charge in [-0.05, 0) is 112 Å². The van der Waals surface area contributed by atoms with E-state index in [9.17, 15) is 0 Å². The Kier molecular flexibility index (Phi) is 9.11. The van der Waals surface area contributed by atoms with Crippen LogP contribution >= 0.6 is 0 Å². The molecule has 0 radical (unpaired) electrons. The van der Waals surface area contributed by atoms with Crippen LogP contribution in [0.2, 0.25) is 0 Å². The van der Waals surface area contributed by atoms with E-state index in [1.165, 1.54) is 76.8 Å². The highest BCUT2D eigenvalue weighted by Gasteiger charge is 2.46. The molecular weight excluding hydrogens is 809 g/mol. The lowest BCUT2D eigenvalue weighted by Crippen LogP contribution is -2.28. The molecule has 0 fully saturated rings. The van der Waals surface area contributed by atoms with Crippen molar-refractivity contribution in [1.29, 1.82) is 0 Å². The Hall–Kier alpha value is -8.72. The molecule has 13 rings (SSSR count). The highest BCUT2D eigenvalue weighted by atomic mass is 14.9. The Morgan fingerprint density at radius 1 is 0.254 bits per heavy atom. The van der Waals surface area contributed by atoms with E-state index in [4.69, 9.17) is 9.97 Å². The third kappa shape index (κ3) is 6.26. The van der Waals surface area contributed by atoms with Gasteiger partial charge in [-0.1, -0.05) is 231 Å². The molecule has 1 aromatic heterocycles. The Balaban J connectivity index is 0.991. The SMILES string of the molecule is c1ccc(-c2cc(-c3cccc(-c4ccc5c(c4)c4ccccc4c4cccc(-c6ccc7c(c6)C(c6ccccc6)(c6ccccc6)c6ccccc6-7)c45)c3)nc(-c3ccccc3)n2)cc1. The third-order valence-corrected chi connectivity index (χ3v) is 13.9. The van der Waals surface area contributed by atoms with Crippen LogP contribution in [0.4, 0.5) is 0 Å². The summed E-state index contributed by atoms with van der Waals surface area (Å²) in [5.41, 5.74) is 16.8. The van der Waals surface area contributed by atoms with Gasteiger partial charge in [0.2, 0.25) is 0 Å². The topological polar surface area (TPSA) is 25.8 Å². The molecule has 0 saturated heterocycles. The quantitative estimate of drug-likeness (QED) is 0.149. The number of fused-ring (bicyclic) bond motifs is 9. The standard InChI is InChI=1S/C65H42N2/c1-5-19-43(20-6-1)61-42-62(67-64(66-61)44-21-7-2-8-22-44)48-24-17-23-45(39-48)46-35-38-57-58(40-46)53-30-14-13-29-52(53)56-33-18-32-51(63(56)57)47-36-37-55-54-31-15-16-34-59(54)65(60(55)41-47,49-25-9-3-10-26-49)50-27-11-4-12-28-50/h1-42H. The van der Waals surface area contributed by atoms with E-state index < -0.39 is 5.41 Å². The van der Waals surface area contributed by atoms with Gasteiger partial charge in [-0.2, -0.15) is 0 Å². The van der Waals surface area contributed by atoms with Crippen molar-refractivity contribution in [3.05, 3.63) is 277 Å². The van der Waals surface area contributed by atoms with E-state index in [-0.39, 0.29) is 0 Å². The summed E-state index contributed by atoms with van der Waals surface area (Å²) in [5, 5.41) is 7.48. The minimum absolute atomic E-state index is 0.481. The average Bonchev–Trinajstić information content (AvgIpc) is 3.72. The van der Waals surface area contributed by atoms with Gasteiger partial charge in [-0.25, -0.2) is 9.97 Å². The number of nitrogens with zero attached hydrogens (tertiary/aromatic N) is 2. The first-order valence-electron chi connectivity index (χ1n) is 23.1. The van der Waals surface area contributed by atoms with Gasteiger partial charge in [-0.3, -0.25) is 0 Å². The average molecular weight is 851 g/mol. The van der Waals surface area contributed by atoms with Crippen LogP contribution in [0.5, 0.6) is 0 Å². The lowest BCUT2D eigenvalue weighted by atomic mass is 9.67. The number of benzene rings is 11. The summed E-state index contributed by atoms with van der Waals surface area (Å²) >= 11 is 0. The molecule has 1 aliphatic rings. The Labute approximate surface area is 390 Å². The molecule has 1 aliphatic carbocycles. The fraction of sp³-hybridized carbons (Fsp3) is 0.0154. The van der Waals surface area contributed by atoms with Gasteiger partial charge >= 0.3 is 0 Å². The number of hydrogen-bond donors (Lipinski definition) is 0. The lowest BCUT2D eigenvalue weighted by Gasteiger charge is -2.34. The molecule has 0 unspecified atom stereocenters. The number of rotatable bonds is 7. The van der Waals surface area contributed by atoms with Gasteiger partial charge in [0, 0.05) is 16.7 Å². The van der Waals surface area contributed by atoms with Crippen LogP contribution in [0, 0.1) is 0 Å². The summed E-state index contributed by atoms with van der Waals surface area (Å²) in [4.78, 5) is 10.2. The lowest BCUT2D eigenvalue weighted by molar-refractivity contribution is 0.769. The second kappa shape index (κ2) is 15.8. The zero-order valence-electron chi connectivity index (χ0n) is 36.6. The summed E-state index contributed by atoms with van der Waals surface area (Å²) in [6, 6.07) is 92.7. The summed E-state index contributed by atoms with van der Waals surface area (Å²) < 4.78 is 0. The van der Waals surface area contributed by atoms with Crippen molar-refractivity contribution in [2.24, 2.45) is 0 Å². The Bertz CT molecular complexity index is 3740. The monoisotopic (exact) mass is 850 g/mol. The van der Waals surface area contributed by atoms with Gasteiger partial charge in [0.25, 0.3) is 0 Å². The molecule has 0 N–H and O–H groups in total. The van der Waals surface area contributed by atoms with Crippen LogP contribution in [0.25, 0.3) is 99.6 Å². The predicted octanol–water partition coefficient (Wildman–Crippen LogP) is 16.6. The molecule has 0 bridgehead atoms. The van der Waals surface area contributed by atoms with Crippen LogP contribution in [-0.2, 0) is 5.41 Å². The zero-order valence-corrected chi connectivity index (χ0v) is 36.6. The van der Waals surface area contributed by atoms with Crippen LogP contribution in [0.3, 0.4) is 0 Å². The molecule has 0 saturated carbocycles. The van der Waals surface area contributed by atoms with Gasteiger partial charge in [0.1, 0.15) is 0 Å². The van der Waals surface area contributed by atoms with E-state index in [0.29, 0.717) is 5.82 Å². The van der Waals surface area contributed by atoms with Crippen LogP contribution < -0.4 is 0 Å². The minimum Gasteiger partial charge on any atom is -0.228 e. The van der Waals surface area contributed by atoms with Crippen LogP contribution in [-0.4, -0.2) is 9.97 Å².